The number of hydrogen-bond donors (Lipinski definition) is 0. The normalized spacial score (nSPS) is 6.25. The molecule has 0 saturated heterocycles. The fourth-order valence-corrected chi connectivity index (χ4v) is 0. The van der Waals surface area contributed by atoms with Crippen LogP contribution in [0.1, 0.15) is 0 Å². The third-order valence-corrected chi connectivity index (χ3v) is 0. The van der Waals surface area contributed by atoms with E-state index in [2.05, 4.69) is 14.3 Å². The van der Waals surface area contributed by atoms with Gasteiger partial charge < -0.3 is 0 Å². The van der Waals surface area contributed by atoms with Crippen LogP contribution in [0.4, 0.5) is 0 Å². The van der Waals surface area contributed by atoms with Crippen molar-refractivity contribution < 1.29 is 43.4 Å². The molecule has 0 aromatic rings. The van der Waals surface area contributed by atoms with Gasteiger partial charge in [0.25, 0.3) is 0 Å². The average Bonchev–Trinajstić information content (AvgIpc) is 0.918. The van der Waals surface area contributed by atoms with Gasteiger partial charge in [-0.25, -0.2) is 0 Å². The molecule has 0 aromatic carbocycles. The Bertz CT molecular complexity index is 6.00. The molecule has 0 radical (unpaired) electrons. The molecule has 0 aliphatic rings. The molecule has 33 valence electrons. The molecular formula is H3Fe2NiSi. The van der Waals surface area contributed by atoms with Crippen LogP contribution in [0.3, 0.4) is 0 Å². The Kier molecular flexibility index (Phi) is 20.4. The van der Waals surface area contributed by atoms with Crippen molar-refractivity contribution in [3.63, 3.8) is 0 Å². The second-order valence-corrected chi connectivity index (χ2v) is 5.70. The number of hydrogen-bond acceptors (Lipinski definition) is 0. The van der Waals surface area contributed by atoms with Crippen LogP contribution in [-0.4, -0.2) is 8.94 Å². The van der Waals surface area contributed by atoms with Crippen molar-refractivity contribution in [3.8, 4) is 0 Å². The molecule has 0 rings (SSSR count). The van der Waals surface area contributed by atoms with Gasteiger partial charge >= 0.3 is 35.3 Å². The van der Waals surface area contributed by atoms with Gasteiger partial charge in [0.05, 0.1) is 0 Å². The van der Waals surface area contributed by atoms with Crippen LogP contribution in [-0.2, 0) is 43.4 Å². The summed E-state index contributed by atoms with van der Waals surface area (Å²) in [5.74, 6) is 0. The van der Waals surface area contributed by atoms with E-state index in [4.69, 9.17) is 0 Å². The predicted octanol–water partition coefficient (Wildman–Crippen LogP) is -1.19. The molecule has 0 fully saturated rings. The van der Waals surface area contributed by atoms with E-state index in [0.29, 0.717) is 0 Å². The maximum absolute atomic E-state index is 3.49. The van der Waals surface area contributed by atoms with Crippen LogP contribution >= 0.6 is 0 Å². The molecule has 0 unspecified atom stereocenters. The second kappa shape index (κ2) is 8.83. The van der Waals surface area contributed by atoms with Crippen molar-refractivity contribution >= 4 is 8.94 Å². The summed E-state index contributed by atoms with van der Waals surface area (Å²) in [4.78, 5) is 0. The Morgan fingerprint density at radius 1 is 1.75 bits per heavy atom. The molecule has 0 bridgehead atoms. The molecular weight excluding hydrogens is 198 g/mol. The first-order valence-electron chi connectivity index (χ1n) is 0.428. The summed E-state index contributed by atoms with van der Waals surface area (Å²) in [5.41, 5.74) is 0. The van der Waals surface area contributed by atoms with Crippen molar-refractivity contribution in [2.45, 2.75) is 0 Å². The van der Waals surface area contributed by atoms with Crippen LogP contribution in [0.15, 0.2) is 0 Å². The topological polar surface area (TPSA) is 0 Å². The minimum atomic E-state index is 0. The first-order chi connectivity index (χ1) is 1.41. The Morgan fingerprint density at radius 3 is 1.75 bits per heavy atom. The summed E-state index contributed by atoms with van der Waals surface area (Å²) >= 11 is 5.00. The van der Waals surface area contributed by atoms with Crippen molar-refractivity contribution in [2.24, 2.45) is 0 Å². The second-order valence-electron chi connectivity index (χ2n) is 0.112. The van der Waals surface area contributed by atoms with E-state index in [1.54, 1.807) is 0 Å². The van der Waals surface area contributed by atoms with Crippen molar-refractivity contribution in [1.82, 2.24) is 0 Å². The van der Waals surface area contributed by atoms with Gasteiger partial charge in [-0.3, -0.25) is 0 Å². The Labute approximate surface area is 52.1 Å². The molecule has 0 aromatic heterocycles. The van der Waals surface area contributed by atoms with E-state index in [9.17, 15) is 0 Å². The quantitative estimate of drug-likeness (QED) is 0.433. The fraction of sp³-hybridized carbons (Fsp3) is 0. The predicted molar refractivity (Wildman–Crippen MR) is 9.94 cm³/mol. The van der Waals surface area contributed by atoms with Gasteiger partial charge in [0.1, 0.15) is 0 Å². The van der Waals surface area contributed by atoms with Crippen LogP contribution in [0, 0.1) is 0 Å². The molecule has 4 heteroatoms. The fourth-order valence-electron chi connectivity index (χ4n) is 0. The van der Waals surface area contributed by atoms with E-state index in [-0.39, 0.29) is 17.1 Å². The molecule has 0 N–H and O–H groups in total. The summed E-state index contributed by atoms with van der Waals surface area (Å²) in [5, 5.41) is 0. The van der Waals surface area contributed by atoms with Crippen LogP contribution < -0.4 is 0 Å². The summed E-state index contributed by atoms with van der Waals surface area (Å²) in [6.07, 6.45) is 0. The van der Waals surface area contributed by atoms with E-state index >= 15 is 0 Å². The third-order valence-electron chi connectivity index (χ3n) is 0. The van der Waals surface area contributed by atoms with Crippen LogP contribution in [0.2, 0.25) is 0 Å². The van der Waals surface area contributed by atoms with E-state index in [1.165, 1.54) is 21.0 Å². The molecule has 0 saturated carbocycles. The van der Waals surface area contributed by atoms with Gasteiger partial charge in [-0.1, -0.05) is 0 Å². The van der Waals surface area contributed by atoms with Gasteiger partial charge in [0.15, 0.2) is 0 Å². The standard InChI is InChI=1S/2Fe.Ni.H3Si/h;;;1H3. The Balaban J connectivity index is 0. The van der Waals surface area contributed by atoms with Gasteiger partial charge in [-0.05, 0) is 0 Å². The first kappa shape index (κ1) is 9.23. The van der Waals surface area contributed by atoms with Gasteiger partial charge in [0.2, 0.25) is 0 Å². The Morgan fingerprint density at radius 2 is 1.75 bits per heavy atom. The molecule has 0 spiro atoms. The molecule has 0 nitrogen and oxygen atoms in total. The zero-order valence-corrected chi connectivity index (χ0v) is 7.22. The molecule has 0 amide bonds. The summed E-state index contributed by atoms with van der Waals surface area (Å²) < 4.78 is 0. The van der Waals surface area contributed by atoms with Crippen LogP contribution in [0.5, 0.6) is 0 Å². The third kappa shape index (κ3) is 9.26. The maximum atomic E-state index is 3.49. The van der Waals surface area contributed by atoms with E-state index in [1.807, 2.05) is 0 Å². The van der Waals surface area contributed by atoms with Crippen molar-refractivity contribution in [3.05, 3.63) is 0 Å². The van der Waals surface area contributed by atoms with Gasteiger partial charge in [-0.15, -0.1) is 0 Å². The van der Waals surface area contributed by atoms with E-state index in [0.717, 1.165) is 0 Å². The van der Waals surface area contributed by atoms with Gasteiger partial charge in [-0.2, -0.15) is 0 Å². The van der Waals surface area contributed by atoms with E-state index < -0.39 is 0 Å². The van der Waals surface area contributed by atoms with Gasteiger partial charge in [0, 0.05) is 17.1 Å². The zero-order valence-electron chi connectivity index (χ0n) is 2.02. The molecule has 0 aliphatic heterocycles. The first-order valence-corrected chi connectivity index (χ1v) is 5.81. The molecule has 0 atom stereocenters. The number of rotatable bonds is 0. The van der Waals surface area contributed by atoms with Crippen LogP contribution in [0.25, 0.3) is 0 Å². The zero-order chi connectivity index (χ0) is 2.71. The summed E-state index contributed by atoms with van der Waals surface area (Å²) in [6, 6.07) is 0. The molecule has 0 aliphatic carbocycles. The Hall–Kier alpha value is 1.75. The molecule has 0 heterocycles. The summed E-state index contributed by atoms with van der Waals surface area (Å²) in [7, 11) is 1.20. The SMILES string of the molecule is [Fe].[SiH3][Ni][Fe]. The average molecular weight is 201 g/mol. The molecule has 4 heavy (non-hydrogen) atoms. The monoisotopic (exact) mass is 201 g/mol. The summed E-state index contributed by atoms with van der Waals surface area (Å²) in [6.45, 7) is 0. The van der Waals surface area contributed by atoms with Crippen molar-refractivity contribution in [2.75, 3.05) is 0 Å². The van der Waals surface area contributed by atoms with Crippen molar-refractivity contribution in [1.29, 1.82) is 0 Å². The minimum absolute atomic E-state index is 0.